The summed E-state index contributed by atoms with van der Waals surface area (Å²) in [4.78, 5) is 32.1. The molecule has 2 saturated heterocycles. The molecule has 178 valence electrons. The number of aromatic nitrogens is 4. The van der Waals surface area contributed by atoms with E-state index in [1.807, 2.05) is 36.1 Å². The van der Waals surface area contributed by atoms with E-state index >= 15 is 0 Å². The Kier molecular flexibility index (Phi) is 4.42. The molecule has 3 aliphatic rings. The van der Waals surface area contributed by atoms with Crippen molar-refractivity contribution in [2.45, 2.75) is 31.2 Å². The molecule has 3 fully saturated rings. The minimum Gasteiger partial charge on any atom is -0.339 e. The lowest BCUT2D eigenvalue weighted by Crippen LogP contribution is -2.54. The molecule has 1 aromatic carbocycles. The molecule has 4 aromatic rings. The van der Waals surface area contributed by atoms with Crippen LogP contribution in [0.1, 0.15) is 40.6 Å². The van der Waals surface area contributed by atoms with Gasteiger partial charge >= 0.3 is 0 Å². The second kappa shape index (κ2) is 7.45. The summed E-state index contributed by atoms with van der Waals surface area (Å²) in [6, 6.07) is 11.0. The molecule has 5 heterocycles. The van der Waals surface area contributed by atoms with Crippen LogP contribution in [0.15, 0.2) is 42.6 Å². The number of halogens is 1. The first-order valence-electron chi connectivity index (χ1n) is 12.2. The lowest BCUT2D eigenvalue weighted by atomic mass is 9.94. The Bertz CT molecular complexity index is 1490. The van der Waals surface area contributed by atoms with Crippen LogP contribution < -0.4 is 10.2 Å². The van der Waals surface area contributed by atoms with E-state index in [0.717, 1.165) is 41.7 Å². The molecule has 0 radical (unpaired) electrons. The number of amides is 1. The van der Waals surface area contributed by atoms with Crippen LogP contribution in [0.5, 0.6) is 0 Å². The van der Waals surface area contributed by atoms with E-state index in [-0.39, 0.29) is 23.2 Å². The summed E-state index contributed by atoms with van der Waals surface area (Å²) in [6.07, 6.45) is 3.56. The summed E-state index contributed by atoms with van der Waals surface area (Å²) in [5, 5.41) is 4.60. The summed E-state index contributed by atoms with van der Waals surface area (Å²) >= 11 is 0. The van der Waals surface area contributed by atoms with E-state index in [1.54, 1.807) is 10.5 Å². The topological polar surface area (TPSA) is 78.7 Å². The standard InChI is InChI=1S/C26H26FN7O/c1-16-19-4-2-3-5-20(19)30-25(29-16)33-12-17(13-33)22-23(34-14-18(27)6-7-21(34)31-22)24(35)32-11-10-28-26(15-32)8-9-26/h2-7,14,17,28H,8-13,15H2,1H3. The summed E-state index contributed by atoms with van der Waals surface area (Å²) in [6.45, 7) is 5.44. The van der Waals surface area contributed by atoms with Crippen LogP contribution in [-0.2, 0) is 0 Å². The minimum absolute atomic E-state index is 0.0464. The van der Waals surface area contributed by atoms with Crippen LogP contribution in [0, 0.1) is 12.7 Å². The predicted molar refractivity (Wildman–Crippen MR) is 130 cm³/mol. The predicted octanol–water partition coefficient (Wildman–Crippen LogP) is 2.91. The van der Waals surface area contributed by atoms with E-state index in [2.05, 4.69) is 10.2 Å². The molecule has 1 amide bonds. The number of hydrogen-bond donors (Lipinski definition) is 1. The van der Waals surface area contributed by atoms with Gasteiger partial charge in [-0.3, -0.25) is 9.20 Å². The van der Waals surface area contributed by atoms with Crippen molar-refractivity contribution in [2.24, 2.45) is 0 Å². The quantitative estimate of drug-likeness (QED) is 0.495. The SMILES string of the molecule is Cc1nc(N2CC(c3nc4ccc(F)cn4c3C(=O)N3CCNC4(CC4)C3)C2)nc2ccccc12. The van der Waals surface area contributed by atoms with Crippen molar-refractivity contribution in [3.63, 3.8) is 0 Å². The van der Waals surface area contributed by atoms with Crippen molar-refractivity contribution in [2.75, 3.05) is 37.6 Å². The molecule has 1 aliphatic carbocycles. The highest BCUT2D eigenvalue weighted by atomic mass is 19.1. The van der Waals surface area contributed by atoms with Crippen molar-refractivity contribution >= 4 is 28.4 Å². The number of imidazole rings is 1. The maximum atomic E-state index is 14.2. The second-order valence-corrected chi connectivity index (χ2v) is 10.1. The van der Waals surface area contributed by atoms with Crippen molar-refractivity contribution < 1.29 is 9.18 Å². The molecule has 9 heteroatoms. The fraction of sp³-hybridized carbons (Fsp3) is 0.385. The van der Waals surface area contributed by atoms with Crippen LogP contribution >= 0.6 is 0 Å². The first kappa shape index (κ1) is 20.8. The molecule has 8 nitrogen and oxygen atoms in total. The Hall–Kier alpha value is -3.59. The number of fused-ring (bicyclic) bond motifs is 2. The van der Waals surface area contributed by atoms with Gasteiger partial charge in [-0.05, 0) is 38.0 Å². The van der Waals surface area contributed by atoms with E-state index in [4.69, 9.17) is 15.0 Å². The lowest BCUT2D eigenvalue weighted by Gasteiger charge is -2.39. The first-order chi connectivity index (χ1) is 17.0. The van der Waals surface area contributed by atoms with Gasteiger partial charge < -0.3 is 15.1 Å². The molecule has 0 atom stereocenters. The number of aryl methyl sites for hydroxylation is 1. The smallest absolute Gasteiger partial charge is 0.272 e. The molecule has 1 spiro atoms. The normalized spacial score (nSPS) is 19.5. The number of rotatable bonds is 3. The molecule has 0 unspecified atom stereocenters. The van der Waals surface area contributed by atoms with Crippen LogP contribution in [0.25, 0.3) is 16.6 Å². The average molecular weight is 472 g/mol. The number of hydrogen-bond acceptors (Lipinski definition) is 6. The van der Waals surface area contributed by atoms with Gasteiger partial charge in [-0.15, -0.1) is 0 Å². The van der Waals surface area contributed by atoms with Crippen molar-refractivity contribution in [3.05, 3.63) is 65.5 Å². The van der Waals surface area contributed by atoms with Gasteiger partial charge in [-0.25, -0.2) is 19.3 Å². The van der Waals surface area contributed by atoms with Crippen LogP contribution in [0.4, 0.5) is 10.3 Å². The summed E-state index contributed by atoms with van der Waals surface area (Å²) in [5.74, 6) is 0.287. The maximum Gasteiger partial charge on any atom is 0.272 e. The van der Waals surface area contributed by atoms with Crippen molar-refractivity contribution in [1.29, 1.82) is 0 Å². The summed E-state index contributed by atoms with van der Waals surface area (Å²) in [7, 11) is 0. The van der Waals surface area contributed by atoms with Crippen molar-refractivity contribution in [1.82, 2.24) is 29.6 Å². The third kappa shape index (κ3) is 3.36. The number of pyridine rings is 1. The number of nitrogens with zero attached hydrogens (tertiary/aromatic N) is 6. The molecular weight excluding hydrogens is 445 g/mol. The van der Waals surface area contributed by atoms with Gasteiger partial charge in [0.1, 0.15) is 17.2 Å². The molecule has 1 saturated carbocycles. The highest BCUT2D eigenvalue weighted by molar-refractivity contribution is 5.95. The zero-order valence-electron chi connectivity index (χ0n) is 19.5. The summed E-state index contributed by atoms with van der Waals surface area (Å²) < 4.78 is 15.8. The fourth-order valence-corrected chi connectivity index (χ4v) is 5.48. The minimum atomic E-state index is -0.384. The summed E-state index contributed by atoms with van der Waals surface area (Å²) in [5.41, 5.74) is 3.75. The Morgan fingerprint density at radius 2 is 1.94 bits per heavy atom. The molecule has 0 bridgehead atoms. The highest BCUT2D eigenvalue weighted by Gasteiger charge is 2.47. The molecule has 1 N–H and O–H groups in total. The molecule has 2 aliphatic heterocycles. The van der Waals surface area contributed by atoms with E-state index in [1.165, 1.54) is 12.3 Å². The number of benzene rings is 1. The molecule has 7 rings (SSSR count). The van der Waals surface area contributed by atoms with Crippen LogP contribution in [-0.4, -0.2) is 68.4 Å². The Labute approximate surface area is 201 Å². The number of piperazine rings is 1. The van der Waals surface area contributed by atoms with Gasteiger partial charge in [0, 0.05) is 55.8 Å². The number of anilines is 1. The highest BCUT2D eigenvalue weighted by Crippen LogP contribution is 2.39. The van der Waals surface area contributed by atoms with Gasteiger partial charge in [-0.2, -0.15) is 0 Å². The third-order valence-corrected chi connectivity index (χ3v) is 7.66. The monoisotopic (exact) mass is 471 g/mol. The van der Waals surface area contributed by atoms with Gasteiger partial charge in [0.15, 0.2) is 0 Å². The van der Waals surface area contributed by atoms with Gasteiger partial charge in [0.05, 0.1) is 16.9 Å². The Morgan fingerprint density at radius 1 is 1.11 bits per heavy atom. The van der Waals surface area contributed by atoms with E-state index in [9.17, 15) is 9.18 Å². The number of carbonyl (C=O) groups is 1. The zero-order chi connectivity index (χ0) is 23.7. The zero-order valence-corrected chi connectivity index (χ0v) is 19.5. The Balaban J connectivity index is 1.21. The lowest BCUT2D eigenvalue weighted by molar-refractivity contribution is 0.0682. The Morgan fingerprint density at radius 3 is 2.77 bits per heavy atom. The van der Waals surface area contributed by atoms with Crippen LogP contribution in [0.2, 0.25) is 0 Å². The second-order valence-electron chi connectivity index (χ2n) is 10.1. The molecule has 35 heavy (non-hydrogen) atoms. The molecular formula is C26H26FN7O. The molecule has 3 aromatic heterocycles. The van der Waals surface area contributed by atoms with E-state index in [0.29, 0.717) is 43.5 Å². The third-order valence-electron chi connectivity index (χ3n) is 7.66. The number of nitrogens with one attached hydrogen (secondary N) is 1. The van der Waals surface area contributed by atoms with Gasteiger partial charge in [0.2, 0.25) is 5.95 Å². The number of para-hydroxylation sites is 1. The first-order valence-corrected chi connectivity index (χ1v) is 12.2. The van der Waals surface area contributed by atoms with Gasteiger partial charge in [-0.1, -0.05) is 18.2 Å². The maximum absolute atomic E-state index is 14.2. The average Bonchev–Trinajstić information content (AvgIpc) is 3.46. The van der Waals surface area contributed by atoms with E-state index < -0.39 is 0 Å². The van der Waals surface area contributed by atoms with Gasteiger partial charge in [0.25, 0.3) is 5.91 Å². The fourth-order valence-electron chi connectivity index (χ4n) is 5.48. The van der Waals surface area contributed by atoms with Crippen molar-refractivity contribution in [3.8, 4) is 0 Å². The largest absolute Gasteiger partial charge is 0.339 e. The van der Waals surface area contributed by atoms with Crippen LogP contribution in [0.3, 0.4) is 0 Å². The number of carbonyl (C=O) groups excluding carboxylic acids is 1.